The number of hydrogen-bond donors (Lipinski definition) is 3. The summed E-state index contributed by atoms with van der Waals surface area (Å²) >= 11 is 0. The molecular weight excluding hydrogens is 430 g/mol. The number of rotatable bonds is 6. The predicted molar refractivity (Wildman–Crippen MR) is 134 cm³/mol. The highest BCUT2D eigenvalue weighted by atomic mass is 16.5. The van der Waals surface area contributed by atoms with Gasteiger partial charge in [-0.15, -0.1) is 0 Å². The van der Waals surface area contributed by atoms with Gasteiger partial charge in [0.25, 0.3) is 5.56 Å². The molecule has 3 N–H and O–H groups in total. The molecule has 0 bridgehead atoms. The molecule has 0 amide bonds. The average molecular weight is 462 g/mol. The van der Waals surface area contributed by atoms with Gasteiger partial charge >= 0.3 is 0 Å². The number of aromatic nitrogens is 4. The van der Waals surface area contributed by atoms with Gasteiger partial charge in [0, 0.05) is 30.7 Å². The maximum Gasteiger partial charge on any atom is 0.278 e. The van der Waals surface area contributed by atoms with E-state index in [4.69, 9.17) is 9.72 Å². The van der Waals surface area contributed by atoms with Crippen molar-refractivity contribution in [3.63, 3.8) is 0 Å². The van der Waals surface area contributed by atoms with Gasteiger partial charge in [-0.25, -0.2) is 14.3 Å². The van der Waals surface area contributed by atoms with Crippen LogP contribution in [0.25, 0.3) is 16.7 Å². The van der Waals surface area contributed by atoms with Gasteiger partial charge < -0.3 is 20.7 Å². The van der Waals surface area contributed by atoms with Gasteiger partial charge in [-0.2, -0.15) is 4.98 Å². The number of benzene rings is 1. The molecule has 178 valence electrons. The van der Waals surface area contributed by atoms with E-state index >= 15 is 0 Å². The first-order chi connectivity index (χ1) is 16.4. The van der Waals surface area contributed by atoms with Gasteiger partial charge in [-0.3, -0.25) is 4.79 Å². The number of hydrogen-bond acceptors (Lipinski definition) is 7. The third-order valence-corrected chi connectivity index (χ3v) is 5.96. The lowest BCUT2D eigenvalue weighted by molar-refractivity contribution is 0.0238. The molecule has 1 aromatic carbocycles. The first-order valence-corrected chi connectivity index (χ1v) is 11.8. The van der Waals surface area contributed by atoms with Crippen LogP contribution >= 0.6 is 0 Å². The van der Waals surface area contributed by atoms with E-state index in [2.05, 4.69) is 33.1 Å². The smallest absolute Gasteiger partial charge is 0.278 e. The number of anilines is 2. The van der Waals surface area contributed by atoms with E-state index < -0.39 is 0 Å². The molecule has 2 aliphatic heterocycles. The Morgan fingerprint density at radius 1 is 1.21 bits per heavy atom. The molecule has 0 fully saturated rings. The molecule has 9 nitrogen and oxygen atoms in total. The number of nitrogens with one attached hydrogen (secondary N) is 3. The van der Waals surface area contributed by atoms with Crippen LogP contribution in [0.15, 0.2) is 47.5 Å². The lowest BCUT2D eigenvalue weighted by Gasteiger charge is -2.24. The highest BCUT2D eigenvalue weighted by Gasteiger charge is 2.22. The predicted octanol–water partition coefficient (Wildman–Crippen LogP) is 3.27. The van der Waals surface area contributed by atoms with E-state index in [0.717, 1.165) is 30.9 Å². The third-order valence-electron chi connectivity index (χ3n) is 5.96. The van der Waals surface area contributed by atoms with E-state index in [1.165, 1.54) is 11.1 Å². The minimum Gasteiger partial charge on any atom is -0.363 e. The van der Waals surface area contributed by atoms with Crippen molar-refractivity contribution in [2.75, 3.05) is 11.9 Å². The van der Waals surface area contributed by atoms with Crippen molar-refractivity contribution in [1.82, 2.24) is 30.0 Å². The van der Waals surface area contributed by atoms with Gasteiger partial charge in [0.05, 0.1) is 11.8 Å². The third kappa shape index (κ3) is 4.24. The summed E-state index contributed by atoms with van der Waals surface area (Å²) in [5.41, 5.74) is 4.83. The Labute approximate surface area is 198 Å². The fourth-order valence-electron chi connectivity index (χ4n) is 4.46. The maximum atomic E-state index is 13.3. The van der Waals surface area contributed by atoms with Crippen molar-refractivity contribution in [2.24, 2.45) is 0 Å². The van der Waals surface area contributed by atoms with Crippen LogP contribution < -0.4 is 21.5 Å². The van der Waals surface area contributed by atoms with E-state index in [9.17, 15) is 4.79 Å². The normalized spacial score (nSPS) is 17.7. The van der Waals surface area contributed by atoms with Gasteiger partial charge in [0.15, 0.2) is 5.65 Å². The Bertz CT molecular complexity index is 1330. The summed E-state index contributed by atoms with van der Waals surface area (Å²) in [4.78, 5) is 22.5. The van der Waals surface area contributed by atoms with Crippen LogP contribution in [-0.2, 0) is 17.7 Å². The van der Waals surface area contributed by atoms with Crippen LogP contribution in [-0.4, -0.2) is 38.2 Å². The second-order valence-corrected chi connectivity index (χ2v) is 9.22. The molecule has 9 heteroatoms. The van der Waals surface area contributed by atoms with E-state index in [1.54, 1.807) is 10.9 Å². The molecule has 2 aliphatic rings. The van der Waals surface area contributed by atoms with Crippen molar-refractivity contribution in [3.05, 3.63) is 64.2 Å². The van der Waals surface area contributed by atoms with E-state index in [1.807, 2.05) is 56.8 Å². The minimum absolute atomic E-state index is 0.0562. The summed E-state index contributed by atoms with van der Waals surface area (Å²) in [7, 11) is 0. The zero-order valence-corrected chi connectivity index (χ0v) is 20.0. The Balaban J connectivity index is 1.57. The first kappa shape index (κ1) is 22.4. The second kappa shape index (κ2) is 9.08. The highest BCUT2D eigenvalue weighted by Crippen LogP contribution is 2.24. The van der Waals surface area contributed by atoms with Crippen molar-refractivity contribution < 1.29 is 4.74 Å². The van der Waals surface area contributed by atoms with Crippen molar-refractivity contribution in [3.8, 4) is 0 Å². The van der Waals surface area contributed by atoms with Gasteiger partial charge in [-0.05, 0) is 76.1 Å². The molecule has 4 heterocycles. The summed E-state index contributed by atoms with van der Waals surface area (Å²) in [6, 6.07) is 6.26. The average Bonchev–Trinajstić information content (AvgIpc) is 3.11. The van der Waals surface area contributed by atoms with Crippen molar-refractivity contribution >= 4 is 28.4 Å². The molecule has 0 radical (unpaired) electrons. The SMILES string of the molecule is CC(C)OC1C=C(n2c3nc(Nc4ccc5c(c4)CCNC5)ncc3c(=O)n2C(C)C)C=CN1. The topological polar surface area (TPSA) is 98.0 Å². The summed E-state index contributed by atoms with van der Waals surface area (Å²) in [6.45, 7) is 9.83. The molecule has 2 aromatic heterocycles. The zero-order chi connectivity index (χ0) is 23.8. The second-order valence-electron chi connectivity index (χ2n) is 9.22. The molecule has 5 rings (SSSR count). The molecule has 1 unspecified atom stereocenters. The van der Waals surface area contributed by atoms with Crippen LogP contribution in [0, 0.1) is 0 Å². The lowest BCUT2D eigenvalue weighted by Crippen LogP contribution is -2.32. The Morgan fingerprint density at radius 2 is 2.06 bits per heavy atom. The number of allylic oxidation sites excluding steroid dienone is 2. The number of nitrogens with zero attached hydrogens (tertiary/aromatic N) is 4. The molecule has 0 saturated carbocycles. The highest BCUT2D eigenvalue weighted by molar-refractivity contribution is 5.80. The summed E-state index contributed by atoms with van der Waals surface area (Å²) < 4.78 is 9.50. The Kier molecular flexibility index (Phi) is 5.97. The molecule has 1 atom stereocenters. The van der Waals surface area contributed by atoms with E-state index in [-0.39, 0.29) is 23.9 Å². The van der Waals surface area contributed by atoms with Crippen LogP contribution in [0.3, 0.4) is 0 Å². The standard InChI is InChI=1S/C25H31N7O2/c1-15(2)31-24(33)21-14-28-25(29-19-6-5-18-13-26-9-7-17(18)11-19)30-23(21)32(31)20-8-10-27-22(12-20)34-16(3)4/h5-6,8,10-12,14-16,22,26-27H,7,9,13H2,1-4H3,(H,28,29,30). The zero-order valence-electron chi connectivity index (χ0n) is 20.0. The summed E-state index contributed by atoms with van der Waals surface area (Å²) in [5.74, 6) is 0.449. The molecule has 0 spiro atoms. The number of ether oxygens (including phenoxy) is 1. The number of dihydropyridines is 1. The Hall–Kier alpha value is -3.43. The largest absolute Gasteiger partial charge is 0.363 e. The molecular formula is C25H31N7O2. The summed E-state index contributed by atoms with van der Waals surface area (Å²) in [6.07, 6.45) is 8.09. The van der Waals surface area contributed by atoms with E-state index in [0.29, 0.717) is 17.0 Å². The monoisotopic (exact) mass is 461 g/mol. The lowest BCUT2D eigenvalue weighted by atomic mass is 10.0. The van der Waals surface area contributed by atoms with Gasteiger partial charge in [0.1, 0.15) is 11.6 Å². The van der Waals surface area contributed by atoms with Crippen LogP contribution in [0.1, 0.15) is 44.9 Å². The van der Waals surface area contributed by atoms with Gasteiger partial charge in [0.2, 0.25) is 5.95 Å². The van der Waals surface area contributed by atoms with Crippen molar-refractivity contribution in [2.45, 2.75) is 59.0 Å². The number of fused-ring (bicyclic) bond motifs is 2. The van der Waals surface area contributed by atoms with Crippen LogP contribution in [0.5, 0.6) is 0 Å². The molecule has 0 aliphatic carbocycles. The minimum atomic E-state index is -0.294. The Morgan fingerprint density at radius 3 is 2.85 bits per heavy atom. The van der Waals surface area contributed by atoms with Crippen molar-refractivity contribution in [1.29, 1.82) is 0 Å². The summed E-state index contributed by atoms with van der Waals surface area (Å²) in [5, 5.41) is 10.4. The first-order valence-electron chi connectivity index (χ1n) is 11.8. The van der Waals surface area contributed by atoms with Crippen LogP contribution in [0.4, 0.5) is 11.6 Å². The molecule has 3 aromatic rings. The molecule has 0 saturated heterocycles. The van der Waals surface area contributed by atoms with Crippen LogP contribution in [0.2, 0.25) is 0 Å². The molecule has 34 heavy (non-hydrogen) atoms. The fourth-order valence-corrected chi connectivity index (χ4v) is 4.46. The maximum absolute atomic E-state index is 13.3. The van der Waals surface area contributed by atoms with Gasteiger partial charge in [-0.1, -0.05) is 6.07 Å². The quantitative estimate of drug-likeness (QED) is 0.518. The fraction of sp³-hybridized carbons (Fsp3) is 0.400.